The van der Waals surface area contributed by atoms with Gasteiger partial charge in [-0.25, -0.2) is 14.2 Å². The molecule has 3 N–H and O–H groups in total. The largest absolute Gasteiger partial charge is 0.508 e. The fraction of sp³-hybridized carbons (Fsp3) is 0. The molecule has 0 spiro atoms. The number of rotatable bonds is 4. The van der Waals surface area contributed by atoms with Crippen LogP contribution in [0.3, 0.4) is 0 Å². The van der Waals surface area contributed by atoms with Crippen LogP contribution in [0.2, 0.25) is 0 Å². The number of aromatic hydroxyl groups is 1. The Morgan fingerprint density at radius 3 is 2.54 bits per heavy atom. The predicted molar refractivity (Wildman–Crippen MR) is 88.0 cm³/mol. The van der Waals surface area contributed by atoms with Crippen LogP contribution in [0, 0.1) is 5.82 Å². The lowest BCUT2D eigenvalue weighted by molar-refractivity contribution is 0.0697. The zero-order valence-electron chi connectivity index (χ0n) is 12.4. The van der Waals surface area contributed by atoms with Crippen molar-refractivity contribution >= 4 is 17.5 Å². The summed E-state index contributed by atoms with van der Waals surface area (Å²) >= 11 is 0. The van der Waals surface area contributed by atoms with Gasteiger partial charge in [-0.3, -0.25) is 0 Å². The van der Waals surface area contributed by atoms with Crippen molar-refractivity contribution in [3.8, 4) is 16.9 Å². The van der Waals surface area contributed by atoms with Gasteiger partial charge in [-0.15, -0.1) is 0 Å². The number of benzene rings is 2. The van der Waals surface area contributed by atoms with Gasteiger partial charge in [-0.1, -0.05) is 18.2 Å². The minimum Gasteiger partial charge on any atom is -0.508 e. The maximum absolute atomic E-state index is 14.4. The Hall–Kier alpha value is -3.41. The molecule has 0 saturated heterocycles. The highest BCUT2D eigenvalue weighted by atomic mass is 19.1. The molecule has 0 aliphatic heterocycles. The van der Waals surface area contributed by atoms with E-state index in [0.717, 1.165) is 0 Å². The standard InChI is InChI=1S/C18H13FN2O3/c19-15-10-12(11-3-1-4-13(22)9-11)6-7-16(15)21-17-14(18(23)24)5-2-8-20-17/h1-10,22H,(H,20,21)(H,23,24). The molecule has 6 heteroatoms. The number of nitrogens with one attached hydrogen (secondary N) is 1. The van der Waals surface area contributed by atoms with E-state index in [1.807, 2.05) is 0 Å². The van der Waals surface area contributed by atoms with Gasteiger partial charge < -0.3 is 15.5 Å². The van der Waals surface area contributed by atoms with Crippen molar-refractivity contribution in [2.45, 2.75) is 0 Å². The topological polar surface area (TPSA) is 82.5 Å². The highest BCUT2D eigenvalue weighted by Crippen LogP contribution is 2.28. The lowest BCUT2D eigenvalue weighted by atomic mass is 10.0. The van der Waals surface area contributed by atoms with Crippen molar-refractivity contribution in [3.05, 3.63) is 72.2 Å². The molecule has 0 saturated carbocycles. The Morgan fingerprint density at radius 2 is 1.83 bits per heavy atom. The second-order valence-corrected chi connectivity index (χ2v) is 5.07. The molecular formula is C18H13FN2O3. The molecule has 2 aromatic carbocycles. The number of anilines is 2. The molecule has 120 valence electrons. The van der Waals surface area contributed by atoms with Crippen LogP contribution in [0.15, 0.2) is 60.8 Å². The molecule has 5 nitrogen and oxygen atoms in total. The Bertz CT molecular complexity index is 912. The van der Waals surface area contributed by atoms with Crippen LogP contribution in [-0.2, 0) is 0 Å². The number of hydrogen-bond acceptors (Lipinski definition) is 4. The molecular weight excluding hydrogens is 311 g/mol. The van der Waals surface area contributed by atoms with Crippen LogP contribution >= 0.6 is 0 Å². The van der Waals surface area contributed by atoms with Crippen molar-refractivity contribution < 1.29 is 19.4 Å². The fourth-order valence-electron chi connectivity index (χ4n) is 2.29. The van der Waals surface area contributed by atoms with E-state index in [2.05, 4.69) is 10.3 Å². The number of phenolic OH excluding ortho intramolecular Hbond substituents is 1. The molecule has 1 aromatic heterocycles. The van der Waals surface area contributed by atoms with Gasteiger partial charge in [0.1, 0.15) is 22.9 Å². The van der Waals surface area contributed by atoms with Crippen LogP contribution in [0.1, 0.15) is 10.4 Å². The molecule has 3 rings (SSSR count). The molecule has 0 atom stereocenters. The van der Waals surface area contributed by atoms with E-state index in [4.69, 9.17) is 5.11 Å². The number of aromatic carboxylic acids is 1. The smallest absolute Gasteiger partial charge is 0.339 e. The van der Waals surface area contributed by atoms with E-state index in [1.165, 1.54) is 42.6 Å². The molecule has 0 bridgehead atoms. The van der Waals surface area contributed by atoms with Gasteiger partial charge >= 0.3 is 5.97 Å². The third-order valence-electron chi connectivity index (χ3n) is 3.44. The van der Waals surface area contributed by atoms with Gasteiger partial charge in [0.25, 0.3) is 0 Å². The summed E-state index contributed by atoms with van der Waals surface area (Å²) < 4.78 is 14.4. The lowest BCUT2D eigenvalue weighted by Crippen LogP contribution is -2.05. The monoisotopic (exact) mass is 324 g/mol. The summed E-state index contributed by atoms with van der Waals surface area (Å²) in [6.07, 6.45) is 1.42. The zero-order chi connectivity index (χ0) is 17.1. The predicted octanol–water partition coefficient (Wildman–Crippen LogP) is 4.04. The average Bonchev–Trinajstić information content (AvgIpc) is 2.57. The van der Waals surface area contributed by atoms with Crippen molar-refractivity contribution in [1.82, 2.24) is 4.98 Å². The fourth-order valence-corrected chi connectivity index (χ4v) is 2.29. The summed E-state index contributed by atoms with van der Waals surface area (Å²) in [5.41, 5.74) is 1.33. The van der Waals surface area contributed by atoms with E-state index in [9.17, 15) is 14.3 Å². The Balaban J connectivity index is 1.93. The van der Waals surface area contributed by atoms with Gasteiger partial charge in [-0.05, 0) is 47.5 Å². The molecule has 0 radical (unpaired) electrons. The molecule has 0 amide bonds. The summed E-state index contributed by atoms with van der Waals surface area (Å²) in [5, 5.41) is 21.3. The quantitative estimate of drug-likeness (QED) is 0.675. The number of aromatic nitrogens is 1. The lowest BCUT2D eigenvalue weighted by Gasteiger charge is -2.10. The minimum atomic E-state index is -1.15. The molecule has 0 fully saturated rings. The average molecular weight is 324 g/mol. The number of halogens is 1. The normalized spacial score (nSPS) is 10.4. The minimum absolute atomic E-state index is 0.0473. The van der Waals surface area contributed by atoms with Gasteiger partial charge in [-0.2, -0.15) is 0 Å². The molecule has 0 aliphatic carbocycles. The van der Waals surface area contributed by atoms with Crippen molar-refractivity contribution in [2.75, 3.05) is 5.32 Å². The number of nitrogens with zero attached hydrogens (tertiary/aromatic N) is 1. The summed E-state index contributed by atoms with van der Waals surface area (Å²) in [6.45, 7) is 0. The summed E-state index contributed by atoms with van der Waals surface area (Å²) in [7, 11) is 0. The second-order valence-electron chi connectivity index (χ2n) is 5.07. The summed E-state index contributed by atoms with van der Waals surface area (Å²) in [4.78, 5) is 15.1. The maximum Gasteiger partial charge on any atom is 0.339 e. The summed E-state index contributed by atoms with van der Waals surface area (Å²) in [6, 6.07) is 13.8. The highest BCUT2D eigenvalue weighted by molar-refractivity contribution is 5.93. The van der Waals surface area contributed by atoms with Gasteiger partial charge in [0.15, 0.2) is 0 Å². The molecule has 0 unspecified atom stereocenters. The van der Waals surface area contributed by atoms with E-state index in [0.29, 0.717) is 11.1 Å². The Labute approximate surface area is 137 Å². The van der Waals surface area contributed by atoms with E-state index >= 15 is 0 Å². The van der Waals surface area contributed by atoms with Crippen LogP contribution in [-0.4, -0.2) is 21.2 Å². The van der Waals surface area contributed by atoms with Gasteiger partial charge in [0, 0.05) is 6.20 Å². The molecule has 3 aromatic rings. The first kappa shape index (κ1) is 15.5. The van der Waals surface area contributed by atoms with Crippen molar-refractivity contribution in [1.29, 1.82) is 0 Å². The number of hydrogen-bond donors (Lipinski definition) is 3. The summed E-state index contributed by atoms with van der Waals surface area (Å²) in [5.74, 6) is -1.55. The zero-order valence-corrected chi connectivity index (χ0v) is 12.4. The Kier molecular flexibility index (Phi) is 4.11. The van der Waals surface area contributed by atoms with Crippen LogP contribution < -0.4 is 5.32 Å². The number of phenols is 1. The van der Waals surface area contributed by atoms with Crippen LogP contribution in [0.4, 0.5) is 15.9 Å². The molecule has 24 heavy (non-hydrogen) atoms. The van der Waals surface area contributed by atoms with E-state index in [1.54, 1.807) is 18.2 Å². The molecule has 1 heterocycles. The van der Waals surface area contributed by atoms with E-state index < -0.39 is 11.8 Å². The maximum atomic E-state index is 14.4. The van der Waals surface area contributed by atoms with Crippen LogP contribution in [0.25, 0.3) is 11.1 Å². The first-order valence-corrected chi connectivity index (χ1v) is 7.09. The Morgan fingerprint density at radius 1 is 1.04 bits per heavy atom. The first-order chi connectivity index (χ1) is 11.5. The number of carbonyl (C=O) groups is 1. The first-order valence-electron chi connectivity index (χ1n) is 7.09. The van der Waals surface area contributed by atoms with Crippen molar-refractivity contribution in [3.63, 3.8) is 0 Å². The SMILES string of the molecule is O=C(O)c1cccnc1Nc1ccc(-c2cccc(O)c2)cc1F. The molecule has 0 aliphatic rings. The number of pyridine rings is 1. The number of carboxylic acid groups (broad SMARTS) is 1. The van der Waals surface area contributed by atoms with Crippen LogP contribution in [0.5, 0.6) is 5.75 Å². The third kappa shape index (κ3) is 3.17. The highest BCUT2D eigenvalue weighted by Gasteiger charge is 2.13. The number of carboxylic acids is 1. The van der Waals surface area contributed by atoms with Gasteiger partial charge in [0.05, 0.1) is 5.69 Å². The van der Waals surface area contributed by atoms with E-state index in [-0.39, 0.29) is 22.8 Å². The van der Waals surface area contributed by atoms with Crippen molar-refractivity contribution in [2.24, 2.45) is 0 Å². The van der Waals surface area contributed by atoms with Gasteiger partial charge in [0.2, 0.25) is 0 Å². The third-order valence-corrected chi connectivity index (χ3v) is 3.44. The second kappa shape index (κ2) is 6.37.